The van der Waals surface area contributed by atoms with Gasteiger partial charge in [0.1, 0.15) is 5.75 Å². The SMILES string of the molecule is COc1ccncc1C(O)C1C[C@@H](C)CN1. The van der Waals surface area contributed by atoms with E-state index in [0.717, 1.165) is 18.5 Å². The molecule has 1 aliphatic heterocycles. The molecule has 1 aromatic heterocycles. The van der Waals surface area contributed by atoms with Crippen molar-refractivity contribution < 1.29 is 9.84 Å². The number of ether oxygens (including phenoxy) is 1. The fourth-order valence-corrected chi connectivity index (χ4v) is 2.21. The molecule has 0 aliphatic carbocycles. The van der Waals surface area contributed by atoms with E-state index in [0.29, 0.717) is 11.7 Å². The molecule has 0 aromatic carbocycles. The van der Waals surface area contributed by atoms with E-state index in [1.165, 1.54) is 0 Å². The summed E-state index contributed by atoms with van der Waals surface area (Å²) in [6.07, 6.45) is 3.78. The van der Waals surface area contributed by atoms with Crippen LogP contribution < -0.4 is 10.1 Å². The van der Waals surface area contributed by atoms with Crippen LogP contribution in [0.15, 0.2) is 18.5 Å². The first-order valence-electron chi connectivity index (χ1n) is 5.61. The maximum atomic E-state index is 10.3. The molecule has 2 unspecified atom stereocenters. The smallest absolute Gasteiger partial charge is 0.127 e. The number of aliphatic hydroxyl groups excluding tert-OH is 1. The van der Waals surface area contributed by atoms with Crippen LogP contribution in [0.5, 0.6) is 5.75 Å². The molecule has 16 heavy (non-hydrogen) atoms. The molecule has 4 heteroatoms. The number of hydrogen-bond acceptors (Lipinski definition) is 4. The normalized spacial score (nSPS) is 26.7. The number of methoxy groups -OCH3 is 1. The van der Waals surface area contributed by atoms with Gasteiger partial charge in [0.05, 0.1) is 13.2 Å². The van der Waals surface area contributed by atoms with Gasteiger partial charge < -0.3 is 15.2 Å². The van der Waals surface area contributed by atoms with E-state index in [2.05, 4.69) is 17.2 Å². The van der Waals surface area contributed by atoms with E-state index in [-0.39, 0.29) is 6.04 Å². The van der Waals surface area contributed by atoms with Gasteiger partial charge in [-0.05, 0) is 24.9 Å². The molecule has 2 N–H and O–H groups in total. The predicted molar refractivity (Wildman–Crippen MR) is 61.3 cm³/mol. The largest absolute Gasteiger partial charge is 0.496 e. The van der Waals surface area contributed by atoms with E-state index >= 15 is 0 Å². The summed E-state index contributed by atoms with van der Waals surface area (Å²) in [7, 11) is 1.61. The second-order valence-electron chi connectivity index (χ2n) is 4.42. The Morgan fingerprint density at radius 3 is 3.06 bits per heavy atom. The predicted octanol–water partition coefficient (Wildman–Crippen LogP) is 1.12. The van der Waals surface area contributed by atoms with Crippen LogP contribution in [0.3, 0.4) is 0 Å². The number of nitrogens with zero attached hydrogens (tertiary/aromatic N) is 1. The first-order chi connectivity index (χ1) is 7.72. The molecule has 0 spiro atoms. The highest BCUT2D eigenvalue weighted by molar-refractivity contribution is 5.33. The molecule has 0 amide bonds. The Hall–Kier alpha value is -1.13. The van der Waals surface area contributed by atoms with Crippen LogP contribution in [0.25, 0.3) is 0 Å². The van der Waals surface area contributed by atoms with Gasteiger partial charge in [0.2, 0.25) is 0 Å². The van der Waals surface area contributed by atoms with Crippen LogP contribution in [-0.4, -0.2) is 29.8 Å². The van der Waals surface area contributed by atoms with Crippen LogP contribution in [-0.2, 0) is 0 Å². The Morgan fingerprint density at radius 1 is 1.62 bits per heavy atom. The lowest BCUT2D eigenvalue weighted by molar-refractivity contribution is 0.132. The quantitative estimate of drug-likeness (QED) is 0.804. The molecular weight excluding hydrogens is 204 g/mol. The maximum Gasteiger partial charge on any atom is 0.127 e. The van der Waals surface area contributed by atoms with Gasteiger partial charge in [-0.2, -0.15) is 0 Å². The van der Waals surface area contributed by atoms with Crippen molar-refractivity contribution in [1.82, 2.24) is 10.3 Å². The summed E-state index contributed by atoms with van der Waals surface area (Å²) < 4.78 is 5.23. The van der Waals surface area contributed by atoms with Crippen molar-refractivity contribution >= 4 is 0 Å². The Morgan fingerprint density at radius 2 is 2.44 bits per heavy atom. The van der Waals surface area contributed by atoms with Crippen LogP contribution in [0.4, 0.5) is 0 Å². The third kappa shape index (κ3) is 2.18. The molecule has 88 valence electrons. The van der Waals surface area contributed by atoms with E-state index in [9.17, 15) is 5.11 Å². The topological polar surface area (TPSA) is 54.4 Å². The van der Waals surface area contributed by atoms with Crippen molar-refractivity contribution in [2.75, 3.05) is 13.7 Å². The number of rotatable bonds is 3. The van der Waals surface area contributed by atoms with Gasteiger partial charge in [0, 0.05) is 24.0 Å². The van der Waals surface area contributed by atoms with Gasteiger partial charge in [0.25, 0.3) is 0 Å². The Labute approximate surface area is 95.7 Å². The minimum absolute atomic E-state index is 0.105. The minimum atomic E-state index is -0.548. The molecule has 1 aliphatic rings. The summed E-state index contributed by atoms with van der Waals surface area (Å²) in [5.41, 5.74) is 0.761. The lowest BCUT2D eigenvalue weighted by Gasteiger charge is -2.20. The number of pyridine rings is 1. The highest BCUT2D eigenvalue weighted by Crippen LogP contribution is 2.30. The standard InChI is InChI=1S/C12H18N2O2/c1-8-5-10(14-6-8)12(15)9-7-13-4-3-11(9)16-2/h3-4,7-8,10,12,14-15H,5-6H2,1-2H3/t8-,10?,12?/m1/s1. The zero-order chi connectivity index (χ0) is 11.5. The van der Waals surface area contributed by atoms with E-state index in [4.69, 9.17) is 4.74 Å². The number of hydrogen-bond donors (Lipinski definition) is 2. The summed E-state index contributed by atoms with van der Waals surface area (Å²) in [6.45, 7) is 3.14. The molecular formula is C12H18N2O2. The van der Waals surface area contributed by atoms with E-state index in [1.807, 2.05) is 0 Å². The third-order valence-corrected chi connectivity index (χ3v) is 3.11. The second-order valence-corrected chi connectivity index (χ2v) is 4.42. The molecule has 0 bridgehead atoms. The number of aromatic nitrogens is 1. The zero-order valence-electron chi connectivity index (χ0n) is 9.68. The van der Waals surface area contributed by atoms with E-state index in [1.54, 1.807) is 25.6 Å². The first kappa shape index (κ1) is 11.4. The molecule has 1 aromatic rings. The molecule has 3 atom stereocenters. The monoisotopic (exact) mass is 222 g/mol. The molecule has 1 fully saturated rings. The Bertz CT molecular complexity index is 357. The molecule has 0 radical (unpaired) electrons. The van der Waals surface area contributed by atoms with Crippen molar-refractivity contribution in [2.24, 2.45) is 5.92 Å². The molecule has 0 saturated carbocycles. The molecule has 2 rings (SSSR count). The van der Waals surface area contributed by atoms with Crippen molar-refractivity contribution in [3.05, 3.63) is 24.0 Å². The number of nitrogens with one attached hydrogen (secondary N) is 1. The van der Waals surface area contributed by atoms with Gasteiger partial charge >= 0.3 is 0 Å². The lowest BCUT2D eigenvalue weighted by atomic mass is 9.99. The third-order valence-electron chi connectivity index (χ3n) is 3.11. The fraction of sp³-hybridized carbons (Fsp3) is 0.583. The lowest BCUT2D eigenvalue weighted by Crippen LogP contribution is -2.29. The summed E-state index contributed by atoms with van der Waals surface area (Å²) in [5, 5.41) is 13.6. The Kier molecular flexibility index (Phi) is 3.41. The summed E-state index contributed by atoms with van der Waals surface area (Å²) in [5.74, 6) is 1.31. The number of aliphatic hydroxyl groups is 1. The average molecular weight is 222 g/mol. The van der Waals surface area contributed by atoms with Crippen LogP contribution in [0, 0.1) is 5.92 Å². The fourth-order valence-electron chi connectivity index (χ4n) is 2.21. The van der Waals surface area contributed by atoms with Crippen molar-refractivity contribution in [3.8, 4) is 5.75 Å². The zero-order valence-corrected chi connectivity index (χ0v) is 9.68. The van der Waals surface area contributed by atoms with Crippen molar-refractivity contribution in [2.45, 2.75) is 25.5 Å². The van der Waals surface area contributed by atoms with Gasteiger partial charge in [-0.25, -0.2) is 0 Å². The van der Waals surface area contributed by atoms with Gasteiger partial charge in [0.15, 0.2) is 0 Å². The summed E-state index contributed by atoms with van der Waals surface area (Å²) in [6, 6.07) is 1.88. The average Bonchev–Trinajstić information content (AvgIpc) is 2.75. The van der Waals surface area contributed by atoms with E-state index < -0.39 is 6.10 Å². The van der Waals surface area contributed by atoms with Gasteiger partial charge in [-0.1, -0.05) is 6.92 Å². The second kappa shape index (κ2) is 4.80. The molecule has 1 saturated heterocycles. The van der Waals surface area contributed by atoms with Crippen LogP contribution >= 0.6 is 0 Å². The molecule has 4 nitrogen and oxygen atoms in total. The highest BCUT2D eigenvalue weighted by atomic mass is 16.5. The Balaban J connectivity index is 2.16. The maximum absolute atomic E-state index is 10.3. The highest BCUT2D eigenvalue weighted by Gasteiger charge is 2.29. The van der Waals surface area contributed by atoms with Crippen LogP contribution in [0.1, 0.15) is 25.0 Å². The summed E-state index contributed by atoms with van der Waals surface area (Å²) in [4.78, 5) is 4.04. The molecule has 2 heterocycles. The van der Waals surface area contributed by atoms with Crippen molar-refractivity contribution in [3.63, 3.8) is 0 Å². The first-order valence-corrected chi connectivity index (χ1v) is 5.61. The van der Waals surface area contributed by atoms with Gasteiger partial charge in [-0.15, -0.1) is 0 Å². The van der Waals surface area contributed by atoms with Crippen molar-refractivity contribution in [1.29, 1.82) is 0 Å². The van der Waals surface area contributed by atoms with Crippen LogP contribution in [0.2, 0.25) is 0 Å². The summed E-state index contributed by atoms with van der Waals surface area (Å²) >= 11 is 0. The van der Waals surface area contributed by atoms with Gasteiger partial charge in [-0.3, -0.25) is 4.98 Å². The minimum Gasteiger partial charge on any atom is -0.496 e.